The van der Waals surface area contributed by atoms with Crippen LogP contribution in [-0.2, 0) is 10.2 Å². The van der Waals surface area contributed by atoms with Crippen molar-refractivity contribution in [2.24, 2.45) is 0 Å². The van der Waals surface area contributed by atoms with Crippen LogP contribution in [0.4, 0.5) is 0 Å². The molecule has 2 aromatic rings. The van der Waals surface area contributed by atoms with E-state index in [1.54, 1.807) is 0 Å². The van der Waals surface area contributed by atoms with E-state index in [0.717, 1.165) is 23.3 Å². The number of carbonyl (C=O) groups is 1. The Balaban J connectivity index is 1.81. The number of amides is 1. The van der Waals surface area contributed by atoms with Crippen LogP contribution >= 0.6 is 0 Å². The number of carbonyl (C=O) groups excluding carboxylic acids is 1. The monoisotopic (exact) mass is 295 g/mol. The Morgan fingerprint density at radius 1 is 1.09 bits per heavy atom. The van der Waals surface area contributed by atoms with Gasteiger partial charge in [-0.3, -0.25) is 4.79 Å². The fourth-order valence-corrected chi connectivity index (χ4v) is 2.82. The molecule has 0 aromatic heterocycles. The number of hydrogen-bond acceptors (Lipinski definition) is 2. The molecule has 2 aromatic carbocycles. The molecule has 114 valence electrons. The highest BCUT2D eigenvalue weighted by Crippen LogP contribution is 2.33. The smallest absolute Gasteiger partial charge is 0.230 e. The van der Waals surface area contributed by atoms with Gasteiger partial charge in [-0.2, -0.15) is 0 Å². The van der Waals surface area contributed by atoms with Crippen LogP contribution in [0.5, 0.6) is 5.75 Å². The van der Waals surface area contributed by atoms with Crippen molar-refractivity contribution in [1.29, 1.82) is 0 Å². The summed E-state index contributed by atoms with van der Waals surface area (Å²) in [5, 5.41) is 3.19. The quantitative estimate of drug-likeness (QED) is 0.939. The van der Waals surface area contributed by atoms with Crippen molar-refractivity contribution in [1.82, 2.24) is 5.32 Å². The second-order valence-electron chi connectivity index (χ2n) is 6.19. The SMILES string of the molecule is CC(C)(C(=O)NC1CCOc2ccccc21)c1ccccc1. The van der Waals surface area contributed by atoms with Crippen molar-refractivity contribution < 1.29 is 9.53 Å². The average Bonchev–Trinajstić information content (AvgIpc) is 2.56. The lowest BCUT2D eigenvalue weighted by molar-refractivity contribution is -0.126. The molecule has 0 spiro atoms. The van der Waals surface area contributed by atoms with Gasteiger partial charge < -0.3 is 10.1 Å². The van der Waals surface area contributed by atoms with Gasteiger partial charge in [0.1, 0.15) is 5.75 Å². The van der Waals surface area contributed by atoms with Crippen LogP contribution in [0.25, 0.3) is 0 Å². The van der Waals surface area contributed by atoms with Crippen molar-refractivity contribution in [3.05, 3.63) is 65.7 Å². The van der Waals surface area contributed by atoms with Gasteiger partial charge >= 0.3 is 0 Å². The van der Waals surface area contributed by atoms with Gasteiger partial charge in [0.05, 0.1) is 18.1 Å². The maximum absolute atomic E-state index is 12.8. The van der Waals surface area contributed by atoms with Gasteiger partial charge in [0.2, 0.25) is 5.91 Å². The summed E-state index contributed by atoms with van der Waals surface area (Å²) in [6.45, 7) is 4.56. The van der Waals surface area contributed by atoms with Crippen molar-refractivity contribution in [3.63, 3.8) is 0 Å². The maximum Gasteiger partial charge on any atom is 0.230 e. The van der Waals surface area contributed by atoms with E-state index < -0.39 is 5.41 Å². The summed E-state index contributed by atoms with van der Waals surface area (Å²) in [6, 6.07) is 17.8. The van der Waals surface area contributed by atoms with E-state index in [0.29, 0.717) is 6.61 Å². The highest BCUT2D eigenvalue weighted by Gasteiger charge is 2.32. The molecule has 1 amide bonds. The minimum Gasteiger partial charge on any atom is -0.493 e. The first-order valence-corrected chi connectivity index (χ1v) is 7.67. The first-order valence-electron chi connectivity index (χ1n) is 7.67. The molecule has 3 heteroatoms. The van der Waals surface area contributed by atoms with E-state index in [1.807, 2.05) is 68.4 Å². The fraction of sp³-hybridized carbons (Fsp3) is 0.316. The van der Waals surface area contributed by atoms with Gasteiger partial charge in [-0.15, -0.1) is 0 Å². The van der Waals surface area contributed by atoms with Gasteiger partial charge in [-0.1, -0.05) is 48.5 Å². The maximum atomic E-state index is 12.8. The van der Waals surface area contributed by atoms with Crippen LogP contribution in [0.15, 0.2) is 54.6 Å². The predicted octanol–water partition coefficient (Wildman–Crippen LogP) is 3.60. The van der Waals surface area contributed by atoms with E-state index in [-0.39, 0.29) is 11.9 Å². The Kier molecular flexibility index (Phi) is 3.88. The number of fused-ring (bicyclic) bond motifs is 1. The Morgan fingerprint density at radius 2 is 1.77 bits per heavy atom. The third-order valence-electron chi connectivity index (χ3n) is 4.33. The number of benzene rings is 2. The second-order valence-corrected chi connectivity index (χ2v) is 6.19. The Morgan fingerprint density at radius 3 is 2.55 bits per heavy atom. The molecule has 3 rings (SSSR count). The Hall–Kier alpha value is -2.29. The van der Waals surface area contributed by atoms with Gasteiger partial charge in [-0.25, -0.2) is 0 Å². The summed E-state index contributed by atoms with van der Waals surface area (Å²) in [6.07, 6.45) is 0.799. The van der Waals surface area contributed by atoms with Crippen LogP contribution < -0.4 is 10.1 Å². The Bertz CT molecular complexity index is 664. The summed E-state index contributed by atoms with van der Waals surface area (Å²) in [4.78, 5) is 12.8. The summed E-state index contributed by atoms with van der Waals surface area (Å²) < 4.78 is 5.65. The predicted molar refractivity (Wildman–Crippen MR) is 86.9 cm³/mol. The van der Waals surface area contributed by atoms with Crippen LogP contribution in [0, 0.1) is 0 Å². The third kappa shape index (κ3) is 2.71. The number of para-hydroxylation sites is 1. The van der Waals surface area contributed by atoms with Crippen molar-refractivity contribution in [2.45, 2.75) is 31.7 Å². The molecule has 0 aliphatic carbocycles. The molecular weight excluding hydrogens is 274 g/mol. The van der Waals surface area contributed by atoms with E-state index in [1.165, 1.54) is 0 Å². The topological polar surface area (TPSA) is 38.3 Å². The lowest BCUT2D eigenvalue weighted by atomic mass is 9.83. The largest absolute Gasteiger partial charge is 0.493 e. The normalized spacial score (nSPS) is 17.3. The number of hydrogen-bond donors (Lipinski definition) is 1. The molecule has 0 fully saturated rings. The highest BCUT2D eigenvalue weighted by atomic mass is 16.5. The second kappa shape index (κ2) is 5.84. The average molecular weight is 295 g/mol. The highest BCUT2D eigenvalue weighted by molar-refractivity contribution is 5.87. The van der Waals surface area contributed by atoms with Gasteiger partial charge in [0.15, 0.2) is 0 Å². The molecule has 1 heterocycles. The molecule has 22 heavy (non-hydrogen) atoms. The molecule has 0 radical (unpaired) electrons. The van der Waals surface area contributed by atoms with Crippen LogP contribution in [0.1, 0.15) is 37.4 Å². The van der Waals surface area contributed by atoms with Crippen LogP contribution in [0.2, 0.25) is 0 Å². The molecular formula is C19H21NO2. The van der Waals surface area contributed by atoms with E-state index in [4.69, 9.17) is 4.74 Å². The summed E-state index contributed by atoms with van der Waals surface area (Å²) in [7, 11) is 0. The molecule has 1 N–H and O–H groups in total. The fourth-order valence-electron chi connectivity index (χ4n) is 2.82. The van der Waals surface area contributed by atoms with Crippen LogP contribution in [0.3, 0.4) is 0 Å². The van der Waals surface area contributed by atoms with Crippen molar-refractivity contribution in [2.75, 3.05) is 6.61 Å². The first kappa shape index (κ1) is 14.6. The standard InChI is InChI=1S/C19H21NO2/c1-19(2,14-8-4-3-5-9-14)18(21)20-16-12-13-22-17-11-7-6-10-15(16)17/h3-11,16H,12-13H2,1-2H3,(H,20,21). The molecule has 3 nitrogen and oxygen atoms in total. The molecule has 1 aliphatic rings. The zero-order valence-electron chi connectivity index (χ0n) is 13.0. The van der Waals surface area contributed by atoms with Gasteiger partial charge in [0, 0.05) is 12.0 Å². The third-order valence-corrected chi connectivity index (χ3v) is 4.33. The van der Waals surface area contributed by atoms with Crippen molar-refractivity contribution >= 4 is 5.91 Å². The first-order chi connectivity index (χ1) is 10.6. The molecule has 1 unspecified atom stereocenters. The molecule has 0 bridgehead atoms. The van der Waals surface area contributed by atoms with Gasteiger partial charge in [-0.05, 0) is 25.5 Å². The zero-order valence-corrected chi connectivity index (χ0v) is 13.0. The minimum absolute atomic E-state index is 0.0143. The van der Waals surface area contributed by atoms with E-state index >= 15 is 0 Å². The molecule has 1 aliphatic heterocycles. The molecule has 0 saturated heterocycles. The molecule has 0 saturated carbocycles. The summed E-state index contributed by atoms with van der Waals surface area (Å²) in [5.74, 6) is 0.914. The van der Waals surface area contributed by atoms with Crippen LogP contribution in [-0.4, -0.2) is 12.5 Å². The number of nitrogens with one attached hydrogen (secondary N) is 1. The lowest BCUT2D eigenvalue weighted by Crippen LogP contribution is -2.43. The summed E-state index contributed by atoms with van der Waals surface area (Å²) in [5.41, 5.74) is 1.52. The minimum atomic E-state index is -0.561. The number of ether oxygens (including phenoxy) is 1. The Labute approximate surface area is 131 Å². The number of rotatable bonds is 3. The lowest BCUT2D eigenvalue weighted by Gasteiger charge is -2.31. The zero-order chi connectivity index (χ0) is 15.6. The van der Waals surface area contributed by atoms with Crippen molar-refractivity contribution in [3.8, 4) is 5.75 Å². The van der Waals surface area contributed by atoms with E-state index in [2.05, 4.69) is 5.32 Å². The van der Waals surface area contributed by atoms with E-state index in [9.17, 15) is 4.79 Å². The summed E-state index contributed by atoms with van der Waals surface area (Å²) >= 11 is 0. The molecule has 1 atom stereocenters. The van der Waals surface area contributed by atoms with Gasteiger partial charge in [0.25, 0.3) is 0 Å².